The maximum absolute atomic E-state index is 5.66. The van der Waals surface area contributed by atoms with E-state index >= 15 is 0 Å². The van der Waals surface area contributed by atoms with Crippen LogP contribution in [0.25, 0.3) is 0 Å². The molecule has 0 bridgehead atoms. The maximum atomic E-state index is 5.66. The largest absolute Gasteiger partial charge is 0.380 e. The molecule has 0 amide bonds. The number of likely N-dealkylation sites (N-methyl/N-ethyl adjacent to an activating group) is 2. The molecule has 0 radical (unpaired) electrons. The van der Waals surface area contributed by atoms with Crippen LogP contribution in [0.2, 0.25) is 0 Å². The number of methoxy groups -OCH3 is 1. The Labute approximate surface area is 129 Å². The lowest BCUT2D eigenvalue weighted by Gasteiger charge is -2.37. The van der Waals surface area contributed by atoms with Gasteiger partial charge in [0.05, 0.1) is 19.0 Å². The minimum atomic E-state index is 0.316. The molecule has 4 N–H and O–H groups in total. The Morgan fingerprint density at radius 2 is 2.10 bits per heavy atom. The first-order valence-electron chi connectivity index (χ1n) is 8.00. The van der Waals surface area contributed by atoms with Gasteiger partial charge in [0.25, 0.3) is 0 Å². The van der Waals surface area contributed by atoms with E-state index in [0.717, 1.165) is 32.4 Å². The summed E-state index contributed by atoms with van der Waals surface area (Å²) in [6.45, 7) is 2.00. The van der Waals surface area contributed by atoms with E-state index in [2.05, 4.69) is 29.6 Å². The first kappa shape index (κ1) is 18.8. The molecule has 0 aromatic rings. The third-order valence-corrected chi connectivity index (χ3v) is 4.52. The summed E-state index contributed by atoms with van der Waals surface area (Å²) in [5.74, 6) is 0.702. The van der Waals surface area contributed by atoms with Gasteiger partial charge in [0.15, 0.2) is 0 Å². The predicted octanol–water partition coefficient (Wildman–Crippen LogP) is 0.190. The molecule has 1 fully saturated rings. The fourth-order valence-corrected chi connectivity index (χ4v) is 3.13. The highest BCUT2D eigenvalue weighted by Gasteiger charge is 2.30. The van der Waals surface area contributed by atoms with E-state index in [0.29, 0.717) is 31.0 Å². The van der Waals surface area contributed by atoms with Gasteiger partial charge in [0.2, 0.25) is 0 Å². The van der Waals surface area contributed by atoms with E-state index in [1.165, 1.54) is 6.42 Å². The summed E-state index contributed by atoms with van der Waals surface area (Å²) < 4.78 is 10.9. The van der Waals surface area contributed by atoms with Crippen molar-refractivity contribution in [2.75, 3.05) is 48.1 Å². The van der Waals surface area contributed by atoms with E-state index in [1.807, 2.05) is 14.2 Å². The van der Waals surface area contributed by atoms with Crippen LogP contribution in [0.15, 0.2) is 0 Å². The average Bonchev–Trinajstić information content (AvgIpc) is 2.48. The first-order chi connectivity index (χ1) is 10.1. The second-order valence-corrected chi connectivity index (χ2v) is 6.10. The molecule has 0 aliphatic heterocycles. The molecule has 0 saturated heterocycles. The molecule has 0 spiro atoms. The van der Waals surface area contributed by atoms with Crippen LogP contribution in [0.1, 0.15) is 25.7 Å². The van der Waals surface area contributed by atoms with Crippen molar-refractivity contribution in [1.29, 1.82) is 0 Å². The van der Waals surface area contributed by atoms with Gasteiger partial charge in [-0.2, -0.15) is 0 Å². The minimum Gasteiger partial charge on any atom is -0.380 e. The van der Waals surface area contributed by atoms with Crippen LogP contribution in [-0.2, 0) is 9.47 Å². The van der Waals surface area contributed by atoms with E-state index < -0.39 is 0 Å². The summed E-state index contributed by atoms with van der Waals surface area (Å²) in [4.78, 5) is 2.18. The van der Waals surface area contributed by atoms with Gasteiger partial charge in [-0.05, 0) is 52.7 Å². The van der Waals surface area contributed by atoms with Crippen LogP contribution < -0.4 is 16.4 Å². The third kappa shape index (κ3) is 6.59. The standard InChI is InChI=1S/C15H34N4O2/c1-17-15(19(2)3)10-18-13-9-12(7-8-21-11-16)5-6-14(13)20-4/h12-15,17-18H,5-11,16H2,1-4H3. The Bertz CT molecular complexity index is 264. The minimum absolute atomic E-state index is 0.316. The monoisotopic (exact) mass is 302 g/mol. The molecule has 4 unspecified atom stereocenters. The van der Waals surface area contributed by atoms with Crippen LogP contribution in [0.3, 0.4) is 0 Å². The van der Waals surface area contributed by atoms with Gasteiger partial charge < -0.3 is 25.8 Å². The number of nitrogens with zero attached hydrogens (tertiary/aromatic N) is 1. The molecule has 1 aliphatic carbocycles. The molecule has 1 rings (SSSR count). The van der Waals surface area contributed by atoms with Crippen LogP contribution >= 0.6 is 0 Å². The summed E-state index contributed by atoms with van der Waals surface area (Å²) in [6, 6.07) is 0.419. The number of rotatable bonds is 10. The zero-order chi connectivity index (χ0) is 15.7. The number of ether oxygens (including phenoxy) is 2. The Morgan fingerprint density at radius 3 is 2.67 bits per heavy atom. The van der Waals surface area contributed by atoms with E-state index in [4.69, 9.17) is 15.2 Å². The number of hydrogen-bond donors (Lipinski definition) is 3. The Balaban J connectivity index is 2.42. The van der Waals surface area contributed by atoms with Gasteiger partial charge in [-0.15, -0.1) is 0 Å². The van der Waals surface area contributed by atoms with Gasteiger partial charge in [0.1, 0.15) is 0 Å². The predicted molar refractivity (Wildman–Crippen MR) is 86.1 cm³/mol. The average molecular weight is 302 g/mol. The maximum Gasteiger partial charge on any atom is 0.0940 e. The highest BCUT2D eigenvalue weighted by atomic mass is 16.5. The lowest BCUT2D eigenvalue weighted by atomic mass is 9.82. The van der Waals surface area contributed by atoms with Crippen molar-refractivity contribution in [1.82, 2.24) is 15.5 Å². The lowest BCUT2D eigenvalue weighted by Crippen LogP contribution is -2.53. The van der Waals surface area contributed by atoms with Crippen LogP contribution in [0.5, 0.6) is 0 Å². The molecule has 21 heavy (non-hydrogen) atoms. The van der Waals surface area contributed by atoms with Crippen molar-refractivity contribution in [3.63, 3.8) is 0 Å². The van der Waals surface area contributed by atoms with E-state index in [-0.39, 0.29) is 0 Å². The quantitative estimate of drug-likeness (QED) is 0.395. The fraction of sp³-hybridized carbons (Fsp3) is 1.00. The second kappa shape index (κ2) is 10.5. The van der Waals surface area contributed by atoms with Gasteiger partial charge in [-0.1, -0.05) is 0 Å². The van der Waals surface area contributed by atoms with Crippen molar-refractivity contribution >= 4 is 0 Å². The molecule has 4 atom stereocenters. The molecule has 6 nitrogen and oxygen atoms in total. The molecule has 0 aromatic carbocycles. The van der Waals surface area contributed by atoms with Gasteiger partial charge in [-0.25, -0.2) is 0 Å². The zero-order valence-electron chi connectivity index (χ0n) is 14.1. The Morgan fingerprint density at radius 1 is 1.33 bits per heavy atom. The summed E-state index contributed by atoms with van der Waals surface area (Å²) in [5.41, 5.74) is 5.37. The van der Waals surface area contributed by atoms with Crippen molar-refractivity contribution < 1.29 is 9.47 Å². The third-order valence-electron chi connectivity index (χ3n) is 4.52. The lowest BCUT2D eigenvalue weighted by molar-refractivity contribution is 0.0176. The topological polar surface area (TPSA) is 71.8 Å². The number of nitrogens with one attached hydrogen (secondary N) is 2. The molecule has 6 heteroatoms. The SMILES string of the molecule is CNC(CNC1CC(CCOCN)CCC1OC)N(C)C. The summed E-state index contributed by atoms with van der Waals surface area (Å²) in [5, 5.41) is 7.00. The molecular formula is C15H34N4O2. The molecular weight excluding hydrogens is 268 g/mol. The van der Waals surface area contributed by atoms with Crippen LogP contribution in [-0.4, -0.2) is 71.3 Å². The highest BCUT2D eigenvalue weighted by Crippen LogP contribution is 2.28. The normalized spacial score (nSPS) is 28.0. The van der Waals surface area contributed by atoms with Gasteiger partial charge in [-0.3, -0.25) is 4.90 Å². The van der Waals surface area contributed by atoms with Crippen molar-refractivity contribution in [3.05, 3.63) is 0 Å². The molecule has 1 saturated carbocycles. The smallest absolute Gasteiger partial charge is 0.0940 e. The summed E-state index contributed by atoms with van der Waals surface area (Å²) in [7, 11) is 7.99. The number of hydrogen-bond acceptors (Lipinski definition) is 6. The van der Waals surface area contributed by atoms with E-state index in [1.54, 1.807) is 0 Å². The molecule has 0 heterocycles. The molecule has 126 valence electrons. The van der Waals surface area contributed by atoms with Gasteiger partial charge in [0, 0.05) is 26.3 Å². The van der Waals surface area contributed by atoms with E-state index in [9.17, 15) is 0 Å². The van der Waals surface area contributed by atoms with Crippen molar-refractivity contribution in [3.8, 4) is 0 Å². The summed E-state index contributed by atoms with van der Waals surface area (Å²) >= 11 is 0. The van der Waals surface area contributed by atoms with Crippen molar-refractivity contribution in [2.45, 2.75) is 44.0 Å². The van der Waals surface area contributed by atoms with Crippen LogP contribution in [0, 0.1) is 5.92 Å². The fourth-order valence-electron chi connectivity index (χ4n) is 3.13. The Kier molecular flexibility index (Phi) is 9.39. The molecule has 0 aromatic heterocycles. The highest BCUT2D eigenvalue weighted by molar-refractivity contribution is 4.86. The first-order valence-corrected chi connectivity index (χ1v) is 8.00. The summed E-state index contributed by atoms with van der Waals surface area (Å²) in [6.07, 6.45) is 5.23. The Hall–Kier alpha value is -0.240. The van der Waals surface area contributed by atoms with Crippen LogP contribution in [0.4, 0.5) is 0 Å². The molecule has 1 aliphatic rings. The number of nitrogens with two attached hydrogens (primary N) is 1. The second-order valence-electron chi connectivity index (χ2n) is 6.10. The van der Waals surface area contributed by atoms with Crippen molar-refractivity contribution in [2.24, 2.45) is 11.7 Å². The van der Waals surface area contributed by atoms with Gasteiger partial charge >= 0.3 is 0 Å². The zero-order valence-corrected chi connectivity index (χ0v) is 14.1.